The maximum Gasteiger partial charge on any atom is 0.220 e. The fourth-order valence-corrected chi connectivity index (χ4v) is 7.33. The number of benzene rings is 4. The smallest absolute Gasteiger partial charge is 0.220 e. The molecule has 1 atom stereocenters. The lowest BCUT2D eigenvalue weighted by molar-refractivity contribution is -0.122. The first-order chi connectivity index (χ1) is 24.4. The standard InChI is InChI=1S/C24H25N3O2.C19H24N2/c1-17-14-20(16-28)23(18-6-3-2-4-7-18)27(17)22-9-5-8-21(15-22)26-12-10-19(11-13-26)24(25)29;1-20-12-13-21(15-18-10-6-3-7-11-18)16-19(20)14-17-8-4-2-5-9-17/h2-9,14-16,19H,10-13H2,1H3,(H2,25,29);2-11,19H,12-16H2,1H3/t;19-/m.1/s1. The van der Waals surface area contributed by atoms with Gasteiger partial charge in [0.2, 0.25) is 5.91 Å². The summed E-state index contributed by atoms with van der Waals surface area (Å²) in [5, 5.41) is 0. The topological polar surface area (TPSA) is 74.8 Å². The van der Waals surface area contributed by atoms with Crippen molar-refractivity contribution in [3.05, 3.63) is 144 Å². The number of likely N-dealkylation sites (N-methyl/N-ethyl adjacent to an activating group) is 1. The van der Waals surface area contributed by atoms with Crippen LogP contribution >= 0.6 is 0 Å². The molecule has 258 valence electrons. The highest BCUT2D eigenvalue weighted by molar-refractivity contribution is 5.88. The molecule has 0 spiro atoms. The fraction of sp³-hybridized carbons (Fsp3) is 0.302. The zero-order valence-electron chi connectivity index (χ0n) is 29.3. The Hall–Kier alpha value is -4.98. The van der Waals surface area contributed by atoms with Crippen LogP contribution in [0.5, 0.6) is 0 Å². The predicted molar refractivity (Wildman–Crippen MR) is 204 cm³/mol. The minimum atomic E-state index is -0.199. The second-order valence-electron chi connectivity index (χ2n) is 13.6. The number of rotatable bonds is 9. The van der Waals surface area contributed by atoms with E-state index in [0.717, 1.165) is 93.1 Å². The molecule has 1 aromatic heterocycles. The fourth-order valence-electron chi connectivity index (χ4n) is 7.33. The van der Waals surface area contributed by atoms with Crippen LogP contribution in [0.2, 0.25) is 0 Å². The highest BCUT2D eigenvalue weighted by Gasteiger charge is 2.25. The summed E-state index contributed by atoms with van der Waals surface area (Å²) in [5.41, 5.74) is 14.1. The first kappa shape index (κ1) is 34.9. The van der Waals surface area contributed by atoms with Gasteiger partial charge in [-0.2, -0.15) is 0 Å². The van der Waals surface area contributed by atoms with Crippen LogP contribution in [0.4, 0.5) is 5.69 Å². The van der Waals surface area contributed by atoms with Crippen LogP contribution in [0, 0.1) is 12.8 Å². The molecule has 0 bridgehead atoms. The number of hydrogen-bond donors (Lipinski definition) is 1. The summed E-state index contributed by atoms with van der Waals surface area (Å²) in [4.78, 5) is 30.6. The molecule has 7 nitrogen and oxygen atoms in total. The maximum atomic E-state index is 11.7. The van der Waals surface area contributed by atoms with Crippen LogP contribution in [-0.4, -0.2) is 72.4 Å². The number of hydrogen-bond acceptors (Lipinski definition) is 5. The number of nitrogens with zero attached hydrogens (tertiary/aromatic N) is 4. The van der Waals surface area contributed by atoms with Crippen molar-refractivity contribution in [3.8, 4) is 16.9 Å². The molecular formula is C43H49N5O2. The zero-order valence-corrected chi connectivity index (χ0v) is 29.3. The largest absolute Gasteiger partial charge is 0.371 e. The summed E-state index contributed by atoms with van der Waals surface area (Å²) in [6.07, 6.45) is 3.63. The van der Waals surface area contributed by atoms with Gasteiger partial charge in [-0.3, -0.25) is 14.5 Å². The normalized spacial score (nSPS) is 17.2. The van der Waals surface area contributed by atoms with E-state index in [2.05, 4.69) is 105 Å². The maximum absolute atomic E-state index is 11.7. The average Bonchev–Trinajstić information content (AvgIpc) is 3.50. The van der Waals surface area contributed by atoms with Crippen molar-refractivity contribution in [1.82, 2.24) is 14.4 Å². The summed E-state index contributed by atoms with van der Waals surface area (Å²) in [6, 6.07) is 42.5. The van der Waals surface area contributed by atoms with E-state index in [9.17, 15) is 9.59 Å². The molecular weight excluding hydrogens is 619 g/mol. The van der Waals surface area contributed by atoms with Gasteiger partial charge in [0.15, 0.2) is 6.29 Å². The molecule has 0 saturated carbocycles. The lowest BCUT2D eigenvalue weighted by atomic mass is 9.96. The van der Waals surface area contributed by atoms with E-state index in [1.807, 2.05) is 49.4 Å². The number of nitrogens with two attached hydrogens (primary N) is 1. The Morgan fingerprint density at radius 2 is 1.38 bits per heavy atom. The quantitative estimate of drug-likeness (QED) is 0.171. The van der Waals surface area contributed by atoms with Gasteiger partial charge in [-0.25, -0.2) is 0 Å². The molecule has 2 fully saturated rings. The Balaban J connectivity index is 0.000000182. The SMILES string of the molecule is CN1CCN(Cc2ccccc2)C[C@H]1Cc1ccccc1.Cc1cc(C=O)c(-c2ccccc2)n1-c1cccc(N2CCC(C(N)=O)CC2)c1. The molecule has 2 aliphatic heterocycles. The summed E-state index contributed by atoms with van der Waals surface area (Å²) < 4.78 is 2.14. The molecule has 50 heavy (non-hydrogen) atoms. The number of anilines is 1. The number of carbonyl (C=O) groups is 2. The third-order valence-electron chi connectivity index (χ3n) is 10.2. The first-order valence-electron chi connectivity index (χ1n) is 17.8. The highest BCUT2D eigenvalue weighted by atomic mass is 16.1. The van der Waals surface area contributed by atoms with Gasteiger partial charge in [0.25, 0.3) is 0 Å². The van der Waals surface area contributed by atoms with Gasteiger partial charge in [-0.05, 0) is 74.2 Å². The van der Waals surface area contributed by atoms with Gasteiger partial charge >= 0.3 is 0 Å². The number of aryl methyl sites for hydroxylation is 1. The van der Waals surface area contributed by atoms with Crippen molar-refractivity contribution < 1.29 is 9.59 Å². The highest BCUT2D eigenvalue weighted by Crippen LogP contribution is 2.32. The third kappa shape index (κ3) is 8.59. The molecule has 0 radical (unpaired) electrons. The number of amides is 1. The van der Waals surface area contributed by atoms with Gasteiger partial charge in [0.05, 0.1) is 5.69 Å². The van der Waals surface area contributed by atoms with Gasteiger partial charge in [0, 0.05) is 73.9 Å². The van der Waals surface area contributed by atoms with Gasteiger partial charge < -0.3 is 20.1 Å². The van der Waals surface area contributed by atoms with Crippen LogP contribution in [0.25, 0.3) is 16.9 Å². The second-order valence-corrected chi connectivity index (χ2v) is 13.6. The van der Waals surface area contributed by atoms with Crippen molar-refractivity contribution in [1.29, 1.82) is 0 Å². The van der Waals surface area contributed by atoms with Gasteiger partial charge in [-0.15, -0.1) is 0 Å². The monoisotopic (exact) mass is 667 g/mol. The number of carbonyl (C=O) groups excluding carboxylic acids is 2. The van der Waals surface area contributed by atoms with Crippen LogP contribution in [-0.2, 0) is 17.8 Å². The number of piperazine rings is 1. The molecule has 7 heteroatoms. The van der Waals surface area contributed by atoms with E-state index < -0.39 is 0 Å². The second kappa shape index (κ2) is 16.6. The molecule has 0 unspecified atom stereocenters. The molecule has 7 rings (SSSR count). The predicted octanol–water partition coefficient (Wildman–Crippen LogP) is 7.01. The Bertz CT molecular complexity index is 1830. The Morgan fingerprint density at radius 1 is 0.760 bits per heavy atom. The minimum absolute atomic E-state index is 0.0269. The van der Waals surface area contributed by atoms with Gasteiger partial charge in [0.1, 0.15) is 0 Å². The van der Waals surface area contributed by atoms with Crippen molar-refractivity contribution >= 4 is 17.9 Å². The number of primary amides is 1. The van der Waals surface area contributed by atoms with Crippen LogP contribution in [0.3, 0.4) is 0 Å². The van der Waals surface area contributed by atoms with Crippen molar-refractivity contribution in [2.75, 3.05) is 44.7 Å². The molecule has 2 saturated heterocycles. The van der Waals surface area contributed by atoms with E-state index in [4.69, 9.17) is 5.73 Å². The van der Waals surface area contributed by atoms with Gasteiger partial charge in [-0.1, -0.05) is 97.1 Å². The van der Waals surface area contributed by atoms with E-state index in [-0.39, 0.29) is 11.8 Å². The van der Waals surface area contributed by atoms with Crippen LogP contribution < -0.4 is 10.6 Å². The lowest BCUT2D eigenvalue weighted by Crippen LogP contribution is -2.51. The first-order valence-corrected chi connectivity index (χ1v) is 17.8. The summed E-state index contributed by atoms with van der Waals surface area (Å²) >= 11 is 0. The Labute approximate surface area is 296 Å². The Morgan fingerprint density at radius 3 is 2.02 bits per heavy atom. The number of piperidine rings is 1. The zero-order chi connectivity index (χ0) is 34.9. The Kier molecular flexibility index (Phi) is 11.6. The van der Waals surface area contributed by atoms with E-state index >= 15 is 0 Å². The van der Waals surface area contributed by atoms with Crippen molar-refractivity contribution in [3.63, 3.8) is 0 Å². The van der Waals surface area contributed by atoms with E-state index in [0.29, 0.717) is 11.6 Å². The van der Waals surface area contributed by atoms with Crippen LogP contribution in [0.1, 0.15) is 40.0 Å². The van der Waals surface area contributed by atoms with E-state index in [1.54, 1.807) is 0 Å². The molecule has 2 N–H and O–H groups in total. The molecule has 2 aliphatic rings. The third-order valence-corrected chi connectivity index (χ3v) is 10.2. The molecule has 5 aromatic rings. The minimum Gasteiger partial charge on any atom is -0.371 e. The lowest BCUT2D eigenvalue weighted by Gasteiger charge is -2.39. The molecule has 0 aliphatic carbocycles. The van der Waals surface area contributed by atoms with E-state index in [1.165, 1.54) is 11.1 Å². The molecule has 1 amide bonds. The van der Waals surface area contributed by atoms with Crippen LogP contribution in [0.15, 0.2) is 121 Å². The van der Waals surface area contributed by atoms with Crippen molar-refractivity contribution in [2.45, 2.75) is 38.8 Å². The average molecular weight is 668 g/mol. The summed E-state index contributed by atoms with van der Waals surface area (Å²) in [7, 11) is 2.26. The molecule has 4 aromatic carbocycles. The number of aldehydes is 1. The summed E-state index contributed by atoms with van der Waals surface area (Å²) in [6.45, 7) is 8.19. The van der Waals surface area contributed by atoms with Crippen molar-refractivity contribution in [2.24, 2.45) is 11.7 Å². The number of aromatic nitrogens is 1. The summed E-state index contributed by atoms with van der Waals surface area (Å²) in [5.74, 6) is -0.226. The molecule has 3 heterocycles.